The average Bonchev–Trinajstić information content (AvgIpc) is 3.59. The van der Waals surface area contributed by atoms with Crippen LogP contribution in [0.2, 0.25) is 0 Å². The molecule has 0 saturated carbocycles. The maximum atomic E-state index is 12.8. The average molecular weight is 498 g/mol. The first-order valence-electron chi connectivity index (χ1n) is 11.6. The van der Waals surface area contributed by atoms with Gasteiger partial charge in [0.15, 0.2) is 11.5 Å². The highest BCUT2D eigenvalue weighted by molar-refractivity contribution is 7.92. The van der Waals surface area contributed by atoms with Gasteiger partial charge >= 0.3 is 0 Å². The molecule has 2 aromatic carbocycles. The van der Waals surface area contributed by atoms with Gasteiger partial charge in [0.05, 0.1) is 17.2 Å². The number of hydrogen-bond donors (Lipinski definition) is 2. The number of carbonyl (C=O) groups excluding carboxylic acids is 1. The number of carbonyl (C=O) groups is 1. The van der Waals surface area contributed by atoms with Crippen LogP contribution in [0.25, 0.3) is 0 Å². The molecular formula is C25H27N3O6S. The standard InChI is InChI=1S/C25H27N3O6S/c29-25(26-17-21(22-4-3-13-32-22)28-11-1-2-12-28)18-5-7-19(8-6-18)27-35(30,31)20-9-10-23-24(16-20)34-15-14-33-23/h3-10,13,16,21,27H,1-2,11-12,14-15,17H2,(H,26,29). The summed E-state index contributed by atoms with van der Waals surface area (Å²) in [5.41, 5.74) is 0.786. The van der Waals surface area contributed by atoms with Gasteiger partial charge in [0, 0.05) is 23.9 Å². The Morgan fingerprint density at radius 1 is 0.971 bits per heavy atom. The molecule has 10 heteroatoms. The Morgan fingerprint density at radius 2 is 1.71 bits per heavy atom. The Bertz CT molecular complexity index is 1270. The Labute approximate surface area is 204 Å². The molecule has 2 aliphatic rings. The molecular weight excluding hydrogens is 470 g/mol. The van der Waals surface area contributed by atoms with Crippen LogP contribution in [0.4, 0.5) is 5.69 Å². The molecule has 1 atom stereocenters. The summed E-state index contributed by atoms with van der Waals surface area (Å²) in [6.07, 6.45) is 3.91. The smallest absolute Gasteiger partial charge is 0.262 e. The van der Waals surface area contributed by atoms with Gasteiger partial charge in [0.2, 0.25) is 0 Å². The van der Waals surface area contributed by atoms with Crippen LogP contribution < -0.4 is 19.5 Å². The number of hydrogen-bond acceptors (Lipinski definition) is 7. The summed E-state index contributed by atoms with van der Waals surface area (Å²) in [4.78, 5) is 15.1. The van der Waals surface area contributed by atoms with E-state index < -0.39 is 10.0 Å². The lowest BCUT2D eigenvalue weighted by atomic mass is 10.1. The van der Waals surface area contributed by atoms with Gasteiger partial charge in [0.1, 0.15) is 19.0 Å². The number of ether oxygens (including phenoxy) is 2. The summed E-state index contributed by atoms with van der Waals surface area (Å²) < 4.78 is 44.7. The summed E-state index contributed by atoms with van der Waals surface area (Å²) in [5.74, 6) is 1.51. The van der Waals surface area contributed by atoms with Gasteiger partial charge in [-0.2, -0.15) is 0 Å². The van der Waals surface area contributed by atoms with Crippen molar-refractivity contribution >= 4 is 21.6 Å². The molecule has 35 heavy (non-hydrogen) atoms. The minimum Gasteiger partial charge on any atom is -0.486 e. The highest BCUT2D eigenvalue weighted by Gasteiger charge is 2.26. The number of furan rings is 1. The van der Waals surface area contributed by atoms with E-state index in [1.165, 1.54) is 12.1 Å². The molecule has 2 aliphatic heterocycles. The van der Waals surface area contributed by atoms with Gasteiger partial charge in [-0.3, -0.25) is 14.4 Å². The second-order valence-electron chi connectivity index (χ2n) is 8.47. The fourth-order valence-electron chi connectivity index (χ4n) is 4.33. The topological polar surface area (TPSA) is 110 Å². The highest BCUT2D eigenvalue weighted by Crippen LogP contribution is 2.33. The maximum absolute atomic E-state index is 12.8. The summed E-state index contributed by atoms with van der Waals surface area (Å²) in [6.45, 7) is 3.16. The van der Waals surface area contributed by atoms with E-state index in [1.54, 1.807) is 36.6 Å². The molecule has 1 saturated heterocycles. The van der Waals surface area contributed by atoms with Crippen LogP contribution >= 0.6 is 0 Å². The first kappa shape index (κ1) is 23.3. The summed E-state index contributed by atoms with van der Waals surface area (Å²) in [6, 6.07) is 14.6. The van der Waals surface area contributed by atoms with Crippen LogP contribution in [0.3, 0.4) is 0 Å². The molecule has 3 heterocycles. The second-order valence-corrected chi connectivity index (χ2v) is 10.2. The van der Waals surface area contributed by atoms with E-state index in [4.69, 9.17) is 13.9 Å². The number of benzene rings is 2. The van der Waals surface area contributed by atoms with Crippen LogP contribution in [0, 0.1) is 0 Å². The molecule has 3 aromatic rings. The number of nitrogens with zero attached hydrogens (tertiary/aromatic N) is 1. The first-order chi connectivity index (χ1) is 17.0. The minimum atomic E-state index is -3.84. The van der Waals surface area contributed by atoms with Gasteiger partial charge in [0.25, 0.3) is 15.9 Å². The third kappa shape index (κ3) is 5.28. The van der Waals surface area contributed by atoms with Crippen LogP contribution in [-0.4, -0.2) is 52.1 Å². The van der Waals surface area contributed by atoms with Crippen molar-refractivity contribution in [2.45, 2.75) is 23.8 Å². The minimum absolute atomic E-state index is 0.0199. The molecule has 1 amide bonds. The first-order valence-corrected chi connectivity index (χ1v) is 13.1. The zero-order chi connectivity index (χ0) is 24.3. The van der Waals surface area contributed by atoms with Crippen molar-refractivity contribution < 1.29 is 27.1 Å². The largest absolute Gasteiger partial charge is 0.486 e. The quantitative estimate of drug-likeness (QED) is 0.491. The van der Waals surface area contributed by atoms with Crippen LogP contribution in [0.5, 0.6) is 11.5 Å². The molecule has 5 rings (SSSR count). The Hall–Kier alpha value is -3.50. The maximum Gasteiger partial charge on any atom is 0.262 e. The van der Waals surface area contributed by atoms with Crippen molar-refractivity contribution in [3.63, 3.8) is 0 Å². The van der Waals surface area contributed by atoms with E-state index in [2.05, 4.69) is 14.9 Å². The van der Waals surface area contributed by atoms with E-state index in [-0.39, 0.29) is 16.8 Å². The van der Waals surface area contributed by atoms with E-state index in [9.17, 15) is 13.2 Å². The fourth-order valence-corrected chi connectivity index (χ4v) is 5.40. The van der Waals surface area contributed by atoms with Gasteiger partial charge in [-0.25, -0.2) is 8.42 Å². The molecule has 184 valence electrons. The molecule has 9 nitrogen and oxygen atoms in total. The molecule has 1 unspecified atom stereocenters. The van der Waals surface area contributed by atoms with Gasteiger partial charge < -0.3 is 19.2 Å². The zero-order valence-corrected chi connectivity index (χ0v) is 19.9. The number of amides is 1. The van der Waals surface area contributed by atoms with Crippen LogP contribution in [0.1, 0.15) is 35.0 Å². The Morgan fingerprint density at radius 3 is 2.43 bits per heavy atom. The van der Waals surface area contributed by atoms with Crippen LogP contribution in [-0.2, 0) is 10.0 Å². The third-order valence-electron chi connectivity index (χ3n) is 6.13. The van der Waals surface area contributed by atoms with Gasteiger partial charge in [-0.1, -0.05) is 0 Å². The van der Waals surface area contributed by atoms with E-state index in [1.807, 2.05) is 12.1 Å². The Kier molecular flexibility index (Phi) is 6.65. The number of fused-ring (bicyclic) bond motifs is 1. The zero-order valence-electron chi connectivity index (χ0n) is 19.1. The van der Waals surface area contributed by atoms with Crippen LogP contribution in [0.15, 0.2) is 70.2 Å². The highest BCUT2D eigenvalue weighted by atomic mass is 32.2. The van der Waals surface area contributed by atoms with Gasteiger partial charge in [-0.05, 0) is 74.5 Å². The lowest BCUT2D eigenvalue weighted by Gasteiger charge is -2.26. The van der Waals surface area contributed by atoms with Crippen molar-refractivity contribution in [2.75, 3.05) is 37.6 Å². The number of likely N-dealkylation sites (tertiary alicyclic amines) is 1. The van der Waals surface area contributed by atoms with E-state index in [0.29, 0.717) is 42.5 Å². The number of sulfonamides is 1. The summed E-state index contributed by atoms with van der Waals surface area (Å²) >= 11 is 0. The third-order valence-corrected chi connectivity index (χ3v) is 7.51. The normalized spacial score (nSPS) is 16.6. The van der Waals surface area contributed by atoms with Crippen molar-refractivity contribution in [1.29, 1.82) is 0 Å². The van der Waals surface area contributed by atoms with Crippen molar-refractivity contribution in [3.8, 4) is 11.5 Å². The molecule has 0 bridgehead atoms. The molecule has 0 aliphatic carbocycles. The fraction of sp³-hybridized carbons (Fsp3) is 0.320. The summed E-state index contributed by atoms with van der Waals surface area (Å²) in [7, 11) is -3.84. The predicted octanol–water partition coefficient (Wildman–Crippen LogP) is 3.42. The second kappa shape index (κ2) is 10.0. The number of nitrogens with one attached hydrogen (secondary N) is 2. The van der Waals surface area contributed by atoms with Crippen molar-refractivity contribution in [1.82, 2.24) is 10.2 Å². The monoisotopic (exact) mass is 497 g/mol. The molecule has 1 aromatic heterocycles. The summed E-state index contributed by atoms with van der Waals surface area (Å²) in [5, 5.41) is 2.98. The van der Waals surface area contributed by atoms with Crippen molar-refractivity contribution in [3.05, 3.63) is 72.2 Å². The lowest BCUT2D eigenvalue weighted by Crippen LogP contribution is -2.36. The molecule has 2 N–H and O–H groups in total. The molecule has 0 spiro atoms. The van der Waals surface area contributed by atoms with E-state index in [0.717, 1.165) is 31.7 Å². The van der Waals surface area contributed by atoms with Crippen molar-refractivity contribution in [2.24, 2.45) is 0 Å². The predicted molar refractivity (Wildman–Crippen MR) is 129 cm³/mol. The number of rotatable bonds is 8. The molecule has 1 fully saturated rings. The number of anilines is 1. The molecule has 0 radical (unpaired) electrons. The van der Waals surface area contributed by atoms with E-state index >= 15 is 0 Å². The Balaban J connectivity index is 1.22. The lowest BCUT2D eigenvalue weighted by molar-refractivity contribution is 0.0934. The van der Waals surface area contributed by atoms with Gasteiger partial charge in [-0.15, -0.1) is 0 Å². The SMILES string of the molecule is O=C(NCC(c1ccco1)N1CCCC1)c1ccc(NS(=O)(=O)c2ccc3c(c2)OCCO3)cc1.